The molecule has 5 rings (SSSR count). The molecule has 1 saturated heterocycles. The third kappa shape index (κ3) is 3.59. The van der Waals surface area contributed by atoms with Crippen molar-refractivity contribution in [1.82, 2.24) is 15.5 Å². The maximum absolute atomic E-state index is 13.0. The summed E-state index contributed by atoms with van der Waals surface area (Å²) in [7, 11) is 0. The number of hydrogen-bond acceptors (Lipinski definition) is 3. The van der Waals surface area contributed by atoms with Crippen molar-refractivity contribution in [2.75, 3.05) is 13.1 Å². The van der Waals surface area contributed by atoms with E-state index < -0.39 is 0 Å². The Bertz CT molecular complexity index is 823. The Morgan fingerprint density at radius 1 is 0.964 bits per heavy atom. The largest absolute Gasteiger partial charge is 0.351 e. The van der Waals surface area contributed by atoms with Crippen LogP contribution in [0.4, 0.5) is 0 Å². The number of benzene rings is 2. The first-order chi connectivity index (χ1) is 13.8. The van der Waals surface area contributed by atoms with E-state index in [9.17, 15) is 4.79 Å². The Kier molecular flexibility index (Phi) is 4.91. The second-order valence-corrected chi connectivity index (χ2v) is 8.72. The number of rotatable bonds is 4. The lowest BCUT2D eigenvalue weighted by Crippen LogP contribution is -2.56. The van der Waals surface area contributed by atoms with Crippen molar-refractivity contribution in [3.63, 3.8) is 0 Å². The lowest BCUT2D eigenvalue weighted by molar-refractivity contribution is -0.125. The molecule has 4 heteroatoms. The normalized spacial score (nSPS) is 29.3. The summed E-state index contributed by atoms with van der Waals surface area (Å²) in [5.74, 6) is 1.36. The zero-order valence-corrected chi connectivity index (χ0v) is 16.3. The Labute approximate surface area is 167 Å². The van der Waals surface area contributed by atoms with Crippen LogP contribution in [0.3, 0.4) is 0 Å². The molecule has 0 aromatic heterocycles. The lowest BCUT2D eigenvalue weighted by Gasteiger charge is -2.39. The van der Waals surface area contributed by atoms with E-state index >= 15 is 0 Å². The summed E-state index contributed by atoms with van der Waals surface area (Å²) in [5, 5.41) is 6.87. The van der Waals surface area contributed by atoms with Crippen molar-refractivity contribution in [2.45, 2.75) is 44.4 Å². The van der Waals surface area contributed by atoms with Crippen LogP contribution in [0, 0.1) is 11.8 Å². The van der Waals surface area contributed by atoms with Gasteiger partial charge in [-0.1, -0.05) is 54.6 Å². The molecular formula is C24H29N3O. The molecule has 2 N–H and O–H groups in total. The third-order valence-corrected chi connectivity index (χ3v) is 6.87. The van der Waals surface area contributed by atoms with Gasteiger partial charge in [0, 0.05) is 32.2 Å². The van der Waals surface area contributed by atoms with Gasteiger partial charge in [0.2, 0.25) is 5.91 Å². The van der Waals surface area contributed by atoms with Gasteiger partial charge in [-0.2, -0.15) is 0 Å². The molecule has 1 aliphatic carbocycles. The SMILES string of the molecule is O=C(NC1C2CCC1CN(Cc1ccccc1)C2)C1Cc2ccccc2CN1. The molecule has 2 heterocycles. The van der Waals surface area contributed by atoms with Gasteiger partial charge >= 0.3 is 0 Å². The first kappa shape index (κ1) is 17.9. The van der Waals surface area contributed by atoms with Crippen molar-refractivity contribution in [1.29, 1.82) is 0 Å². The van der Waals surface area contributed by atoms with Gasteiger partial charge < -0.3 is 10.6 Å². The second kappa shape index (κ2) is 7.69. The standard InChI is InChI=1S/C24H29N3O/c28-24(22-12-18-8-4-5-9-19(18)13-25-22)26-23-20-10-11-21(23)16-27(15-20)14-17-6-2-1-3-7-17/h1-9,20-23,25H,10-16H2,(H,26,28). The van der Waals surface area contributed by atoms with Crippen molar-refractivity contribution in [2.24, 2.45) is 11.8 Å². The molecule has 3 unspecified atom stereocenters. The van der Waals surface area contributed by atoms with Crippen LogP contribution < -0.4 is 10.6 Å². The minimum atomic E-state index is -0.100. The average molecular weight is 376 g/mol. The van der Waals surface area contributed by atoms with Gasteiger partial charge in [0.15, 0.2) is 0 Å². The van der Waals surface area contributed by atoms with Gasteiger partial charge in [-0.05, 0) is 47.8 Å². The van der Waals surface area contributed by atoms with Crippen molar-refractivity contribution >= 4 is 5.91 Å². The predicted molar refractivity (Wildman–Crippen MR) is 111 cm³/mol. The third-order valence-electron chi connectivity index (χ3n) is 6.87. The molecule has 146 valence electrons. The number of fused-ring (bicyclic) bond motifs is 3. The van der Waals surface area contributed by atoms with Gasteiger partial charge in [0.05, 0.1) is 6.04 Å². The van der Waals surface area contributed by atoms with E-state index in [0.717, 1.165) is 32.6 Å². The maximum Gasteiger partial charge on any atom is 0.237 e. The Balaban J connectivity index is 1.20. The highest BCUT2D eigenvalue weighted by molar-refractivity contribution is 5.82. The van der Waals surface area contributed by atoms with Gasteiger partial charge in [-0.25, -0.2) is 0 Å². The molecule has 1 saturated carbocycles. The summed E-state index contributed by atoms with van der Waals surface area (Å²) in [5.41, 5.74) is 4.01. The number of nitrogens with one attached hydrogen (secondary N) is 2. The van der Waals surface area contributed by atoms with Crippen LogP contribution in [0.5, 0.6) is 0 Å². The molecule has 0 spiro atoms. The van der Waals surface area contributed by atoms with E-state index in [2.05, 4.69) is 70.1 Å². The van der Waals surface area contributed by atoms with E-state index in [1.54, 1.807) is 0 Å². The molecule has 4 nitrogen and oxygen atoms in total. The summed E-state index contributed by atoms with van der Waals surface area (Å²) in [6, 6.07) is 19.4. The van der Waals surface area contributed by atoms with Crippen molar-refractivity contribution < 1.29 is 4.79 Å². The van der Waals surface area contributed by atoms with Gasteiger partial charge in [0.1, 0.15) is 0 Å². The van der Waals surface area contributed by atoms with Gasteiger partial charge in [-0.15, -0.1) is 0 Å². The summed E-state index contributed by atoms with van der Waals surface area (Å²) in [6.45, 7) is 4.00. The molecule has 2 bridgehead atoms. The molecule has 1 amide bonds. The predicted octanol–water partition coefficient (Wildman–Crippen LogP) is 2.73. The minimum absolute atomic E-state index is 0.100. The molecule has 2 aromatic carbocycles. The van der Waals surface area contributed by atoms with E-state index in [1.807, 2.05) is 0 Å². The average Bonchev–Trinajstić information content (AvgIpc) is 2.96. The molecule has 2 aromatic rings. The van der Waals surface area contributed by atoms with E-state index in [0.29, 0.717) is 17.9 Å². The van der Waals surface area contributed by atoms with Crippen LogP contribution >= 0.6 is 0 Å². The molecule has 0 radical (unpaired) electrons. The van der Waals surface area contributed by atoms with Crippen molar-refractivity contribution in [3.05, 3.63) is 71.3 Å². The topological polar surface area (TPSA) is 44.4 Å². The maximum atomic E-state index is 13.0. The molecule has 2 fully saturated rings. The fourth-order valence-corrected chi connectivity index (χ4v) is 5.43. The minimum Gasteiger partial charge on any atom is -0.351 e. The van der Waals surface area contributed by atoms with E-state index in [-0.39, 0.29) is 11.9 Å². The fourth-order valence-electron chi connectivity index (χ4n) is 5.43. The second-order valence-electron chi connectivity index (χ2n) is 8.72. The summed E-state index contributed by atoms with van der Waals surface area (Å²) >= 11 is 0. The number of carbonyl (C=O) groups is 1. The molecular weight excluding hydrogens is 346 g/mol. The zero-order chi connectivity index (χ0) is 18.9. The summed E-state index contributed by atoms with van der Waals surface area (Å²) < 4.78 is 0. The monoisotopic (exact) mass is 375 g/mol. The van der Waals surface area contributed by atoms with Gasteiger partial charge in [0.25, 0.3) is 0 Å². The first-order valence-corrected chi connectivity index (χ1v) is 10.6. The highest BCUT2D eigenvalue weighted by Crippen LogP contribution is 2.37. The zero-order valence-electron chi connectivity index (χ0n) is 16.3. The Morgan fingerprint density at radius 3 is 2.39 bits per heavy atom. The highest BCUT2D eigenvalue weighted by Gasteiger charge is 2.43. The van der Waals surface area contributed by atoms with Crippen LogP contribution in [0.25, 0.3) is 0 Å². The highest BCUT2D eigenvalue weighted by atomic mass is 16.2. The van der Waals surface area contributed by atoms with Crippen LogP contribution in [-0.4, -0.2) is 36.0 Å². The Hall–Kier alpha value is -2.17. The number of likely N-dealkylation sites (tertiary alicyclic amines) is 1. The van der Waals surface area contributed by atoms with Crippen LogP contribution in [-0.2, 0) is 24.3 Å². The van der Waals surface area contributed by atoms with E-state index in [1.165, 1.54) is 29.5 Å². The quantitative estimate of drug-likeness (QED) is 0.864. The number of hydrogen-bond donors (Lipinski definition) is 2. The fraction of sp³-hybridized carbons (Fsp3) is 0.458. The number of nitrogens with zero attached hydrogens (tertiary/aromatic N) is 1. The first-order valence-electron chi connectivity index (χ1n) is 10.6. The molecule has 3 aliphatic rings. The van der Waals surface area contributed by atoms with Gasteiger partial charge in [-0.3, -0.25) is 9.69 Å². The lowest BCUT2D eigenvalue weighted by atomic mass is 9.90. The number of piperidine rings is 1. The van der Waals surface area contributed by atoms with Crippen LogP contribution in [0.15, 0.2) is 54.6 Å². The molecule has 3 atom stereocenters. The molecule has 28 heavy (non-hydrogen) atoms. The number of amides is 1. The number of carbonyl (C=O) groups excluding carboxylic acids is 1. The smallest absolute Gasteiger partial charge is 0.237 e. The van der Waals surface area contributed by atoms with E-state index in [4.69, 9.17) is 0 Å². The Morgan fingerprint density at radius 2 is 1.64 bits per heavy atom. The van der Waals surface area contributed by atoms with Crippen LogP contribution in [0.1, 0.15) is 29.5 Å². The summed E-state index contributed by atoms with van der Waals surface area (Å²) in [4.78, 5) is 15.6. The summed E-state index contributed by atoms with van der Waals surface area (Å²) in [6.07, 6.45) is 3.27. The van der Waals surface area contributed by atoms with Crippen molar-refractivity contribution in [3.8, 4) is 0 Å². The van der Waals surface area contributed by atoms with Crippen LogP contribution in [0.2, 0.25) is 0 Å². The molecule has 2 aliphatic heterocycles.